The van der Waals surface area contributed by atoms with Crippen LogP contribution >= 0.6 is 11.3 Å². The average molecular weight is 312 g/mol. The number of aliphatic hydroxyl groups is 1. The lowest BCUT2D eigenvalue weighted by molar-refractivity contribution is 0.123. The summed E-state index contributed by atoms with van der Waals surface area (Å²) in [6, 6.07) is 18.3. The van der Waals surface area contributed by atoms with Gasteiger partial charge in [0.25, 0.3) is 0 Å². The van der Waals surface area contributed by atoms with E-state index < -0.39 is 0 Å². The molecule has 2 aromatic carbocycles. The summed E-state index contributed by atoms with van der Waals surface area (Å²) in [5, 5.41) is 11.3. The number of nitrogens with zero attached hydrogens (tertiary/aromatic N) is 2. The maximum Gasteiger partial charge on any atom is 0.108 e. The van der Waals surface area contributed by atoms with Crippen LogP contribution in [0.5, 0.6) is 0 Å². The maximum atomic E-state index is 10.2. The smallest absolute Gasteiger partial charge is 0.108 e. The highest BCUT2D eigenvalue weighted by Gasteiger charge is 2.11. The molecule has 1 N–H and O–H groups in total. The normalized spacial score (nSPS) is 12.9. The second-order valence-corrected chi connectivity index (χ2v) is 6.73. The van der Waals surface area contributed by atoms with Crippen molar-refractivity contribution < 1.29 is 5.11 Å². The lowest BCUT2D eigenvalue weighted by Gasteiger charge is -2.19. The summed E-state index contributed by atoms with van der Waals surface area (Å²) < 4.78 is 1.22. The molecule has 1 atom stereocenters. The van der Waals surface area contributed by atoms with E-state index in [0.717, 1.165) is 17.1 Å². The Balaban J connectivity index is 1.56. The second kappa shape index (κ2) is 7.01. The van der Waals surface area contributed by atoms with Crippen LogP contribution in [0.3, 0.4) is 0 Å². The van der Waals surface area contributed by atoms with E-state index in [9.17, 15) is 5.11 Å². The number of thiazole rings is 1. The number of benzene rings is 2. The molecule has 0 bridgehead atoms. The zero-order valence-corrected chi connectivity index (χ0v) is 13.5. The predicted octanol–water partition coefficient (Wildman–Crippen LogP) is 3.33. The Morgan fingerprint density at radius 3 is 2.59 bits per heavy atom. The third-order valence-corrected chi connectivity index (χ3v) is 4.60. The fourth-order valence-corrected chi connectivity index (χ4v) is 3.64. The number of fused-ring (bicyclic) bond motifs is 1. The van der Waals surface area contributed by atoms with Gasteiger partial charge in [-0.2, -0.15) is 0 Å². The average Bonchev–Trinajstić information content (AvgIpc) is 2.89. The summed E-state index contributed by atoms with van der Waals surface area (Å²) in [5.74, 6) is 0. The zero-order valence-electron chi connectivity index (χ0n) is 12.6. The topological polar surface area (TPSA) is 36.4 Å². The molecule has 0 aliphatic carbocycles. The third-order valence-electron chi connectivity index (χ3n) is 3.58. The van der Waals surface area contributed by atoms with Gasteiger partial charge in [-0.3, -0.25) is 4.90 Å². The summed E-state index contributed by atoms with van der Waals surface area (Å²) >= 11 is 1.72. The minimum absolute atomic E-state index is 0.359. The van der Waals surface area contributed by atoms with E-state index in [4.69, 9.17) is 0 Å². The Morgan fingerprint density at radius 1 is 1.09 bits per heavy atom. The molecule has 0 saturated heterocycles. The largest absolute Gasteiger partial charge is 0.391 e. The van der Waals surface area contributed by atoms with E-state index in [1.807, 2.05) is 43.4 Å². The molecule has 4 heteroatoms. The van der Waals surface area contributed by atoms with Crippen LogP contribution in [0.1, 0.15) is 10.6 Å². The monoisotopic (exact) mass is 312 g/mol. The maximum absolute atomic E-state index is 10.2. The van der Waals surface area contributed by atoms with Crippen molar-refractivity contribution in [2.75, 3.05) is 13.6 Å². The summed E-state index contributed by atoms with van der Waals surface area (Å²) in [6.45, 7) is 1.41. The number of hydrogen-bond acceptors (Lipinski definition) is 4. The molecule has 1 heterocycles. The summed E-state index contributed by atoms with van der Waals surface area (Å²) in [6.07, 6.45) is 0.326. The Kier molecular flexibility index (Phi) is 4.83. The minimum Gasteiger partial charge on any atom is -0.391 e. The van der Waals surface area contributed by atoms with E-state index >= 15 is 0 Å². The van der Waals surface area contributed by atoms with E-state index in [0.29, 0.717) is 13.0 Å². The van der Waals surface area contributed by atoms with Gasteiger partial charge in [0, 0.05) is 6.54 Å². The van der Waals surface area contributed by atoms with Crippen LogP contribution in [-0.4, -0.2) is 34.7 Å². The van der Waals surface area contributed by atoms with E-state index in [1.165, 1.54) is 10.3 Å². The summed E-state index contributed by atoms with van der Waals surface area (Å²) in [5.41, 5.74) is 2.23. The Labute approximate surface area is 134 Å². The van der Waals surface area contributed by atoms with Crippen LogP contribution in [0.25, 0.3) is 10.2 Å². The van der Waals surface area contributed by atoms with Crippen molar-refractivity contribution >= 4 is 21.6 Å². The molecule has 22 heavy (non-hydrogen) atoms. The molecule has 3 nitrogen and oxygen atoms in total. The van der Waals surface area contributed by atoms with Gasteiger partial charge in [-0.05, 0) is 31.2 Å². The molecule has 1 aromatic heterocycles. The molecule has 0 saturated carbocycles. The predicted molar refractivity (Wildman–Crippen MR) is 92.1 cm³/mol. The quantitative estimate of drug-likeness (QED) is 0.758. The molecular weight excluding hydrogens is 292 g/mol. The molecule has 3 aromatic rings. The standard InChI is InChI=1S/C18H20N2OS/c1-20(12-15(21)11-14-7-3-2-4-8-14)13-18-19-16-9-5-6-10-17(16)22-18/h2-10,15,21H,11-13H2,1H3/t15-/m1/s1. The van der Waals surface area contributed by atoms with Gasteiger partial charge in [0.15, 0.2) is 0 Å². The van der Waals surface area contributed by atoms with Crippen LogP contribution in [-0.2, 0) is 13.0 Å². The molecule has 0 fully saturated rings. The molecule has 0 aliphatic rings. The molecule has 0 amide bonds. The number of hydrogen-bond donors (Lipinski definition) is 1. The number of aliphatic hydroxyl groups excluding tert-OH is 1. The first kappa shape index (κ1) is 15.2. The highest BCUT2D eigenvalue weighted by atomic mass is 32.1. The number of rotatable bonds is 6. The van der Waals surface area contributed by atoms with Crippen LogP contribution in [0.4, 0.5) is 0 Å². The Morgan fingerprint density at radius 2 is 1.82 bits per heavy atom. The van der Waals surface area contributed by atoms with Crippen LogP contribution in [0.15, 0.2) is 54.6 Å². The number of para-hydroxylation sites is 1. The van der Waals surface area contributed by atoms with Crippen molar-refractivity contribution in [3.05, 3.63) is 65.2 Å². The third kappa shape index (κ3) is 3.91. The van der Waals surface area contributed by atoms with Crippen molar-refractivity contribution in [2.45, 2.75) is 19.1 Å². The van der Waals surface area contributed by atoms with E-state index in [1.54, 1.807) is 11.3 Å². The van der Waals surface area contributed by atoms with Gasteiger partial charge in [0.1, 0.15) is 5.01 Å². The highest BCUT2D eigenvalue weighted by molar-refractivity contribution is 7.18. The van der Waals surface area contributed by atoms with Gasteiger partial charge in [-0.1, -0.05) is 42.5 Å². The van der Waals surface area contributed by atoms with Gasteiger partial charge in [-0.25, -0.2) is 4.98 Å². The molecule has 114 valence electrons. The van der Waals surface area contributed by atoms with Crippen LogP contribution < -0.4 is 0 Å². The van der Waals surface area contributed by atoms with Gasteiger partial charge < -0.3 is 5.11 Å². The van der Waals surface area contributed by atoms with Crippen LogP contribution in [0.2, 0.25) is 0 Å². The van der Waals surface area contributed by atoms with Crippen LogP contribution in [0, 0.1) is 0 Å². The van der Waals surface area contributed by atoms with Crippen molar-refractivity contribution in [1.82, 2.24) is 9.88 Å². The number of aromatic nitrogens is 1. The first-order chi connectivity index (χ1) is 10.7. The van der Waals surface area contributed by atoms with Crippen molar-refractivity contribution in [2.24, 2.45) is 0 Å². The Hall–Kier alpha value is -1.75. The molecule has 0 aliphatic heterocycles. The highest BCUT2D eigenvalue weighted by Crippen LogP contribution is 2.22. The van der Waals surface area contributed by atoms with E-state index in [-0.39, 0.29) is 6.10 Å². The zero-order chi connectivity index (χ0) is 15.4. The lowest BCUT2D eigenvalue weighted by Crippen LogP contribution is -2.30. The SMILES string of the molecule is CN(Cc1nc2ccccc2s1)C[C@H](O)Cc1ccccc1. The fourth-order valence-electron chi connectivity index (χ4n) is 2.59. The van der Waals surface area contributed by atoms with Gasteiger partial charge in [0.2, 0.25) is 0 Å². The fraction of sp³-hybridized carbons (Fsp3) is 0.278. The van der Waals surface area contributed by atoms with Gasteiger partial charge in [0.05, 0.1) is 22.9 Å². The van der Waals surface area contributed by atoms with E-state index in [2.05, 4.69) is 28.1 Å². The first-order valence-electron chi connectivity index (χ1n) is 7.45. The Bertz CT molecular complexity index is 693. The van der Waals surface area contributed by atoms with Crippen molar-refractivity contribution in [3.8, 4) is 0 Å². The minimum atomic E-state index is -0.359. The van der Waals surface area contributed by atoms with Gasteiger partial charge in [-0.15, -0.1) is 11.3 Å². The molecular formula is C18H20N2OS. The molecule has 0 spiro atoms. The lowest BCUT2D eigenvalue weighted by atomic mass is 10.1. The molecule has 3 rings (SSSR count). The summed E-state index contributed by atoms with van der Waals surface area (Å²) in [4.78, 5) is 6.77. The van der Waals surface area contributed by atoms with Crippen molar-refractivity contribution in [3.63, 3.8) is 0 Å². The second-order valence-electron chi connectivity index (χ2n) is 5.62. The molecule has 0 unspecified atom stereocenters. The van der Waals surface area contributed by atoms with Gasteiger partial charge >= 0.3 is 0 Å². The first-order valence-corrected chi connectivity index (χ1v) is 8.27. The molecule has 0 radical (unpaired) electrons. The van der Waals surface area contributed by atoms with Crippen molar-refractivity contribution in [1.29, 1.82) is 0 Å². The summed E-state index contributed by atoms with van der Waals surface area (Å²) in [7, 11) is 2.03. The number of likely N-dealkylation sites (N-methyl/N-ethyl adjacent to an activating group) is 1.